The van der Waals surface area contributed by atoms with Gasteiger partial charge in [0.05, 0.1) is 30.0 Å². The molecule has 27 heavy (non-hydrogen) atoms. The Morgan fingerprint density at radius 3 is 2.74 bits per heavy atom. The van der Waals surface area contributed by atoms with Gasteiger partial charge in [-0.15, -0.1) is 11.3 Å². The molecule has 5 nitrogen and oxygen atoms in total. The van der Waals surface area contributed by atoms with Crippen LogP contribution >= 0.6 is 11.3 Å². The van der Waals surface area contributed by atoms with Crippen molar-refractivity contribution in [3.05, 3.63) is 64.9 Å². The number of alkyl halides is 3. The Morgan fingerprint density at radius 2 is 2.04 bits per heavy atom. The zero-order valence-electron chi connectivity index (χ0n) is 13.9. The number of rotatable bonds is 6. The van der Waals surface area contributed by atoms with Crippen molar-refractivity contribution in [2.24, 2.45) is 0 Å². The van der Waals surface area contributed by atoms with Crippen molar-refractivity contribution >= 4 is 17.2 Å². The Labute approximate surface area is 156 Å². The number of carbonyl (C=O) groups excluding carboxylic acids is 1. The number of thiazole rings is 1. The average Bonchev–Trinajstić information content (AvgIpc) is 3.30. The molecule has 0 aliphatic heterocycles. The van der Waals surface area contributed by atoms with Gasteiger partial charge >= 0.3 is 6.18 Å². The smallest absolute Gasteiger partial charge is 0.416 e. The fraction of sp³-hybridized carbons (Fsp3) is 0.222. The van der Waals surface area contributed by atoms with Crippen molar-refractivity contribution in [2.45, 2.75) is 18.7 Å². The van der Waals surface area contributed by atoms with Crippen LogP contribution in [0.4, 0.5) is 13.2 Å². The topological polar surface area (TPSA) is 75.4 Å². The van der Waals surface area contributed by atoms with Gasteiger partial charge in [0, 0.05) is 11.9 Å². The van der Waals surface area contributed by atoms with Crippen LogP contribution in [0, 0.1) is 0 Å². The molecule has 2 N–H and O–H groups in total. The molecular weight excluding hydrogens is 381 g/mol. The molecule has 2 heterocycles. The van der Waals surface area contributed by atoms with Crippen molar-refractivity contribution in [1.29, 1.82) is 0 Å². The molecule has 0 aliphatic rings. The number of aliphatic hydroxyl groups excluding tert-OH is 1. The van der Waals surface area contributed by atoms with Crippen molar-refractivity contribution in [3.63, 3.8) is 0 Å². The predicted octanol–water partition coefficient (Wildman–Crippen LogP) is 3.81. The first-order valence-corrected chi connectivity index (χ1v) is 8.81. The summed E-state index contributed by atoms with van der Waals surface area (Å²) in [5.41, 5.74) is -0.692. The molecule has 0 aliphatic carbocycles. The van der Waals surface area contributed by atoms with E-state index in [-0.39, 0.29) is 18.5 Å². The lowest BCUT2D eigenvalue weighted by Gasteiger charge is -2.17. The van der Waals surface area contributed by atoms with Gasteiger partial charge in [-0.1, -0.05) is 18.2 Å². The predicted molar refractivity (Wildman–Crippen MR) is 92.9 cm³/mol. The highest BCUT2D eigenvalue weighted by Crippen LogP contribution is 2.34. The maximum atomic E-state index is 13.0. The second kappa shape index (κ2) is 7.93. The van der Waals surface area contributed by atoms with Crippen molar-refractivity contribution < 1.29 is 27.5 Å². The molecule has 3 rings (SSSR count). The van der Waals surface area contributed by atoms with Crippen LogP contribution < -0.4 is 5.32 Å². The molecule has 1 unspecified atom stereocenters. The summed E-state index contributed by atoms with van der Waals surface area (Å²) in [6.07, 6.45) is -4.58. The lowest BCUT2D eigenvalue weighted by Crippen LogP contribution is -2.30. The standard InChI is InChI=1S/C18H15F3N2O3S/c19-18(20,21)13-5-2-1-4-12(13)14(24)9-22-16(25)8-11-10-27-17(23-11)15-6-3-7-26-15/h1-7,10,14,24H,8-9H2,(H,22,25). The van der Waals surface area contributed by atoms with Gasteiger partial charge in [-0.3, -0.25) is 4.79 Å². The molecule has 0 bridgehead atoms. The number of hydrogen-bond donors (Lipinski definition) is 2. The molecule has 1 amide bonds. The Hall–Kier alpha value is -2.65. The Bertz CT molecular complexity index is 907. The minimum atomic E-state index is -4.58. The van der Waals surface area contributed by atoms with Crippen LogP contribution in [0.15, 0.2) is 52.5 Å². The molecule has 1 atom stereocenters. The number of benzene rings is 1. The molecule has 0 spiro atoms. The molecule has 1 aromatic carbocycles. The van der Waals surface area contributed by atoms with E-state index in [0.29, 0.717) is 16.5 Å². The normalized spacial score (nSPS) is 12.7. The maximum absolute atomic E-state index is 13.0. The number of amides is 1. The minimum Gasteiger partial charge on any atom is -0.462 e. The zero-order valence-corrected chi connectivity index (χ0v) is 14.7. The van der Waals surface area contributed by atoms with E-state index in [1.54, 1.807) is 17.5 Å². The summed E-state index contributed by atoms with van der Waals surface area (Å²) in [4.78, 5) is 16.3. The SMILES string of the molecule is O=C(Cc1csc(-c2ccco2)n1)NCC(O)c1ccccc1C(F)(F)F. The van der Waals surface area contributed by atoms with Crippen LogP contribution in [0.2, 0.25) is 0 Å². The largest absolute Gasteiger partial charge is 0.462 e. The summed E-state index contributed by atoms with van der Waals surface area (Å²) in [5.74, 6) is 0.140. The molecule has 3 aromatic rings. The number of hydrogen-bond acceptors (Lipinski definition) is 5. The van der Waals surface area contributed by atoms with Gasteiger partial charge in [0.15, 0.2) is 10.8 Å². The van der Waals surface area contributed by atoms with Gasteiger partial charge in [0.1, 0.15) is 0 Å². The third-order valence-electron chi connectivity index (χ3n) is 3.74. The summed E-state index contributed by atoms with van der Waals surface area (Å²) in [6, 6.07) is 8.21. The van der Waals surface area contributed by atoms with Crippen LogP contribution in [0.3, 0.4) is 0 Å². The van der Waals surface area contributed by atoms with Gasteiger partial charge < -0.3 is 14.8 Å². The van der Waals surface area contributed by atoms with E-state index < -0.39 is 23.8 Å². The van der Waals surface area contributed by atoms with Gasteiger partial charge in [-0.05, 0) is 23.8 Å². The quantitative estimate of drug-likeness (QED) is 0.664. The highest BCUT2D eigenvalue weighted by Gasteiger charge is 2.34. The molecule has 9 heteroatoms. The summed E-state index contributed by atoms with van der Waals surface area (Å²) in [7, 11) is 0. The van der Waals surface area contributed by atoms with Crippen molar-refractivity contribution in [1.82, 2.24) is 10.3 Å². The highest BCUT2D eigenvalue weighted by atomic mass is 32.1. The number of halogens is 3. The van der Waals surface area contributed by atoms with E-state index in [1.807, 2.05) is 0 Å². The second-order valence-electron chi connectivity index (χ2n) is 5.70. The fourth-order valence-electron chi connectivity index (χ4n) is 2.49. The number of nitrogens with zero attached hydrogens (tertiary/aromatic N) is 1. The van der Waals surface area contributed by atoms with E-state index >= 15 is 0 Å². The molecular formula is C18H15F3N2O3S. The van der Waals surface area contributed by atoms with E-state index in [1.165, 1.54) is 35.8 Å². The van der Waals surface area contributed by atoms with E-state index in [9.17, 15) is 23.1 Å². The Morgan fingerprint density at radius 1 is 1.26 bits per heavy atom. The third kappa shape index (κ3) is 4.75. The molecule has 0 saturated heterocycles. The minimum absolute atomic E-state index is 0.0507. The molecule has 0 saturated carbocycles. The summed E-state index contributed by atoms with van der Waals surface area (Å²) in [6.45, 7) is -0.332. The molecule has 142 valence electrons. The third-order valence-corrected chi connectivity index (χ3v) is 4.65. The van der Waals surface area contributed by atoms with E-state index in [2.05, 4.69) is 10.3 Å². The van der Waals surface area contributed by atoms with Crippen molar-refractivity contribution in [3.8, 4) is 10.8 Å². The second-order valence-corrected chi connectivity index (χ2v) is 6.56. The molecule has 2 aromatic heterocycles. The first-order valence-electron chi connectivity index (χ1n) is 7.94. The Kier molecular flexibility index (Phi) is 5.62. The average molecular weight is 396 g/mol. The molecule has 0 radical (unpaired) electrons. The lowest BCUT2D eigenvalue weighted by molar-refractivity contribution is -0.139. The van der Waals surface area contributed by atoms with Crippen LogP contribution in [-0.2, 0) is 17.4 Å². The number of aromatic nitrogens is 1. The summed E-state index contributed by atoms with van der Waals surface area (Å²) in [5, 5.41) is 14.8. The number of furan rings is 1. The first-order chi connectivity index (χ1) is 12.8. The Balaban J connectivity index is 1.58. The van der Waals surface area contributed by atoms with Crippen LogP contribution in [-0.4, -0.2) is 22.5 Å². The maximum Gasteiger partial charge on any atom is 0.416 e. The van der Waals surface area contributed by atoms with E-state index in [4.69, 9.17) is 4.42 Å². The fourth-order valence-corrected chi connectivity index (χ4v) is 3.28. The van der Waals surface area contributed by atoms with Crippen LogP contribution in [0.25, 0.3) is 10.8 Å². The van der Waals surface area contributed by atoms with Gasteiger partial charge in [0.25, 0.3) is 0 Å². The van der Waals surface area contributed by atoms with Gasteiger partial charge in [-0.2, -0.15) is 13.2 Å². The number of nitrogens with one attached hydrogen (secondary N) is 1. The first kappa shape index (κ1) is 19.1. The van der Waals surface area contributed by atoms with Crippen LogP contribution in [0.5, 0.6) is 0 Å². The number of aliphatic hydroxyl groups is 1. The lowest BCUT2D eigenvalue weighted by atomic mass is 10.0. The van der Waals surface area contributed by atoms with Gasteiger partial charge in [0.2, 0.25) is 5.91 Å². The van der Waals surface area contributed by atoms with E-state index in [0.717, 1.165) is 6.07 Å². The monoisotopic (exact) mass is 396 g/mol. The number of carbonyl (C=O) groups is 1. The molecule has 0 fully saturated rings. The van der Waals surface area contributed by atoms with Gasteiger partial charge in [-0.25, -0.2) is 4.98 Å². The summed E-state index contributed by atoms with van der Waals surface area (Å²) >= 11 is 1.32. The van der Waals surface area contributed by atoms with Crippen LogP contribution in [0.1, 0.15) is 22.9 Å². The zero-order chi connectivity index (χ0) is 19.4. The van der Waals surface area contributed by atoms with Crippen molar-refractivity contribution in [2.75, 3.05) is 6.54 Å². The highest BCUT2D eigenvalue weighted by molar-refractivity contribution is 7.13. The summed E-state index contributed by atoms with van der Waals surface area (Å²) < 4.78 is 44.2.